The van der Waals surface area contributed by atoms with Gasteiger partial charge in [-0.15, -0.1) is 0 Å². The molecule has 87 heavy (non-hydrogen) atoms. The van der Waals surface area contributed by atoms with E-state index >= 15 is 19.5 Å². The minimum atomic E-state index is -1.04. The van der Waals surface area contributed by atoms with Crippen LogP contribution in [0.4, 0.5) is 0 Å². The molecule has 0 unspecified atom stereocenters. The van der Waals surface area contributed by atoms with E-state index in [0.717, 1.165) is 134 Å². The lowest BCUT2D eigenvalue weighted by atomic mass is 9.27. The lowest BCUT2D eigenvalue weighted by Crippen LogP contribution is -2.74. The number of aromatic nitrogens is 3. The van der Waals surface area contributed by atoms with Crippen LogP contribution in [-0.2, 0) is 48.8 Å². The average molecular weight is 1190 g/mol. The van der Waals surface area contributed by atoms with Crippen LogP contribution in [0.2, 0.25) is 0 Å². The number of allylic oxidation sites excluding steroid dienone is 1. The minimum absolute atomic E-state index is 0.00119. The fraction of sp³-hybridized carbons (Fsp3) is 0.720. The Morgan fingerprint density at radius 2 is 1.63 bits per heavy atom. The van der Waals surface area contributed by atoms with Crippen LogP contribution in [0, 0.1) is 56.2 Å². The van der Waals surface area contributed by atoms with Gasteiger partial charge in [-0.05, 0) is 201 Å². The number of aryl methyl sites for hydroxylation is 1. The lowest BCUT2D eigenvalue weighted by Gasteiger charge is -2.76. The van der Waals surface area contributed by atoms with Crippen LogP contribution >= 0.6 is 0 Å². The Hall–Kier alpha value is -4.17. The van der Waals surface area contributed by atoms with Crippen LogP contribution in [-0.4, -0.2) is 97.9 Å². The number of aliphatic hydroxyl groups is 3. The SMILES string of the molecule is CCCCC[C@H]1C(=O)C2=C3[C@@H](Cn4cc([C@@H]5C(=O)CCc6c5cc(C5CCCCC5)cc6C5(O)CCOCC5)c5[nH]cc(c54)CC[C@@]2(C)C[C@@H](O)[C@H]2OC2(C)C)[C@@H](O)[C@@H]2[C@@]4(C)[C@@H](CC[C@]2(C)[C@]31C)[C@](C)(CCNC)C(=O)[C@@H]1c2cc[nH]c2[C@H]2CC[C@]14C2. The molecule has 6 N–H and O–H groups in total. The number of unbranched alkanes of at least 4 members (excludes halogenated alkanes) is 2. The zero-order valence-electron chi connectivity index (χ0n) is 54.0. The van der Waals surface area contributed by atoms with E-state index in [1.165, 1.54) is 36.1 Å². The second-order valence-corrected chi connectivity index (χ2v) is 32.5. The Bertz CT molecular complexity index is 3480. The van der Waals surface area contributed by atoms with Crippen molar-refractivity contribution in [3.63, 3.8) is 0 Å². The van der Waals surface area contributed by atoms with Gasteiger partial charge < -0.3 is 44.6 Å². The predicted octanol–water partition coefficient (Wildman–Crippen LogP) is 13.2. The molecule has 2 saturated heterocycles. The molecule has 3 aliphatic heterocycles. The standard InChI is InChI=1S/C75H102N4O8/c1-10-11-13-18-51-64(83)59-57-50(63(82)65-71(6,72(51,57)7)26-23-55-70(5,28-32-76-9)66(84)58-47-24-31-77-60(47)43-22-27-74(58,37-43)73(55,65)8)41-79-40-49(61-62(79)44(39-78-61)21-25-69(59,4)38-54(81)67-68(2,3)87-67)56-48-35-45(42-16-14-12-15-17-42)36-52(46(48)19-20-53(56)80)75(85)29-33-86-34-30-75/h24,31,35-36,39-40,42-43,50-51,54-56,58,63,65,67,76-78,81-82,85H,10-23,25-30,32-34,37-38,41H2,1-9H3/t43-,50+,51-,54+,55-,56+,58-,63+,65-,67+,69-,70-,71-,72-,73+,74-/m0/s1. The Morgan fingerprint density at radius 3 is 2.37 bits per heavy atom. The van der Waals surface area contributed by atoms with Crippen molar-refractivity contribution in [2.24, 2.45) is 56.2 Å². The zero-order valence-corrected chi connectivity index (χ0v) is 54.0. The second-order valence-electron chi connectivity index (χ2n) is 32.5. The minimum Gasteiger partial charge on any atom is -0.392 e. The van der Waals surface area contributed by atoms with E-state index in [4.69, 9.17) is 9.47 Å². The van der Waals surface area contributed by atoms with Crippen molar-refractivity contribution in [3.05, 3.63) is 92.6 Å². The number of hydrogen-bond acceptors (Lipinski definition) is 9. The van der Waals surface area contributed by atoms with E-state index in [9.17, 15) is 10.2 Å². The van der Waals surface area contributed by atoms with E-state index in [0.29, 0.717) is 82.3 Å². The Morgan fingerprint density at radius 1 is 0.862 bits per heavy atom. The number of rotatable bonds is 13. The molecule has 11 aliphatic rings. The number of epoxide rings is 1. The molecule has 12 heteroatoms. The first kappa shape index (κ1) is 59.2. The summed E-state index contributed by atoms with van der Waals surface area (Å²) >= 11 is 0. The number of aliphatic hydroxyl groups excluding tert-OH is 2. The van der Waals surface area contributed by atoms with Crippen molar-refractivity contribution in [2.45, 2.75) is 256 Å². The highest BCUT2D eigenvalue weighted by Crippen LogP contribution is 2.84. The summed E-state index contributed by atoms with van der Waals surface area (Å²) in [5.41, 5.74) is 7.75. The molecule has 1 aromatic carbocycles. The van der Waals surface area contributed by atoms with Crippen LogP contribution in [0.3, 0.4) is 0 Å². The van der Waals surface area contributed by atoms with Crippen molar-refractivity contribution in [1.29, 1.82) is 0 Å². The van der Waals surface area contributed by atoms with Gasteiger partial charge in [0, 0.05) is 97.1 Å². The highest BCUT2D eigenvalue weighted by atomic mass is 16.6. The Balaban J connectivity index is 0.960. The van der Waals surface area contributed by atoms with Crippen LogP contribution in [0.1, 0.15) is 252 Å². The third-order valence-corrected chi connectivity index (χ3v) is 28.3. The molecule has 7 fully saturated rings. The molecule has 0 amide bonds. The normalized spacial score (nSPS) is 40.3. The summed E-state index contributed by atoms with van der Waals surface area (Å²) < 4.78 is 14.6. The molecule has 1 spiro atoms. The molecule has 4 aromatic rings. The summed E-state index contributed by atoms with van der Waals surface area (Å²) in [6.45, 7) is 20.6. The quantitative estimate of drug-likeness (QED) is 0.0561. The summed E-state index contributed by atoms with van der Waals surface area (Å²) in [6.07, 6.45) is 22.8. The van der Waals surface area contributed by atoms with Gasteiger partial charge in [-0.2, -0.15) is 0 Å². The van der Waals surface area contributed by atoms with Gasteiger partial charge in [0.25, 0.3) is 0 Å². The first-order valence-corrected chi connectivity index (χ1v) is 34.9. The first-order chi connectivity index (χ1) is 41.5. The molecule has 16 atom stereocenters. The second kappa shape index (κ2) is 20.4. The number of hydrogen-bond donors (Lipinski definition) is 6. The Kier molecular flexibility index (Phi) is 13.9. The molecule has 12 nitrogen and oxygen atoms in total. The first-order valence-electron chi connectivity index (χ1n) is 34.9. The summed E-state index contributed by atoms with van der Waals surface area (Å²) in [5.74, 6) is -0.515. The average Bonchev–Trinajstić information content (AvgIpc) is 1.63. The molecule has 3 aromatic heterocycles. The van der Waals surface area contributed by atoms with Gasteiger partial charge in [0.15, 0.2) is 5.78 Å². The topological polar surface area (TPSA) is 182 Å². The highest BCUT2D eigenvalue weighted by molar-refractivity contribution is 6.04. The van der Waals surface area contributed by atoms with Gasteiger partial charge in [-0.1, -0.05) is 92.2 Å². The number of H-pyrrole nitrogens is 2. The molecule has 2 bridgehead atoms. The maximum Gasteiger partial charge on any atom is 0.163 e. The van der Waals surface area contributed by atoms with E-state index in [2.05, 4.69) is 112 Å². The van der Waals surface area contributed by atoms with E-state index in [-0.39, 0.29) is 41.3 Å². The van der Waals surface area contributed by atoms with Crippen LogP contribution in [0.15, 0.2) is 47.9 Å². The molecule has 6 heterocycles. The molecule has 470 valence electrons. The Labute approximate surface area is 516 Å². The van der Waals surface area contributed by atoms with E-state index < -0.39 is 67.7 Å². The fourth-order valence-corrected chi connectivity index (χ4v) is 24.0. The maximum absolute atomic E-state index is 16.9. The molecule has 8 aliphatic carbocycles. The predicted molar refractivity (Wildman–Crippen MR) is 338 cm³/mol. The van der Waals surface area contributed by atoms with Crippen molar-refractivity contribution in [1.82, 2.24) is 19.9 Å². The largest absolute Gasteiger partial charge is 0.392 e. The maximum atomic E-state index is 16.9. The zero-order chi connectivity index (χ0) is 60.8. The van der Waals surface area contributed by atoms with Gasteiger partial charge in [0.2, 0.25) is 0 Å². The van der Waals surface area contributed by atoms with Crippen molar-refractivity contribution < 1.29 is 39.2 Å². The molecular weight excluding hydrogens is 1080 g/mol. The summed E-state index contributed by atoms with van der Waals surface area (Å²) in [6, 6.07) is 6.94. The number of nitrogens with zero attached hydrogens (tertiary/aromatic N) is 1. The summed E-state index contributed by atoms with van der Waals surface area (Å²) in [4.78, 5) is 56.1. The number of carbonyl (C=O) groups excluding carboxylic acids is 3. The van der Waals surface area contributed by atoms with Crippen LogP contribution in [0.5, 0.6) is 0 Å². The molecular formula is C75H102N4O8. The van der Waals surface area contributed by atoms with Gasteiger partial charge in [0.1, 0.15) is 17.7 Å². The number of ether oxygens (including phenoxy) is 2. The van der Waals surface area contributed by atoms with Crippen molar-refractivity contribution in [3.8, 4) is 0 Å². The number of ketones is 3. The summed E-state index contributed by atoms with van der Waals surface area (Å²) in [7, 11) is 2.01. The van der Waals surface area contributed by atoms with Crippen molar-refractivity contribution in [2.75, 3.05) is 26.8 Å². The van der Waals surface area contributed by atoms with Gasteiger partial charge in [0.05, 0.1) is 46.3 Å². The number of carbonyl (C=O) groups is 3. The van der Waals surface area contributed by atoms with Crippen molar-refractivity contribution >= 4 is 28.4 Å². The number of benzene rings is 1. The molecule has 0 radical (unpaired) electrons. The third-order valence-electron chi connectivity index (χ3n) is 28.3. The number of aromatic amines is 2. The monoisotopic (exact) mass is 1190 g/mol. The molecule has 5 saturated carbocycles. The van der Waals surface area contributed by atoms with E-state index in [1.54, 1.807) is 0 Å². The third kappa shape index (κ3) is 8.03. The number of nitrogens with one attached hydrogen (secondary N) is 3. The molecule has 15 rings (SSSR count). The fourth-order valence-electron chi connectivity index (χ4n) is 24.0. The smallest absolute Gasteiger partial charge is 0.163 e. The number of fused-ring (bicyclic) bond motifs is 9. The van der Waals surface area contributed by atoms with E-state index in [1.807, 2.05) is 7.05 Å². The van der Waals surface area contributed by atoms with Gasteiger partial charge in [-0.25, -0.2) is 0 Å². The van der Waals surface area contributed by atoms with Crippen LogP contribution in [0.25, 0.3) is 11.0 Å². The number of Topliss-reactive ketones (excluding diaryl/α,β-unsaturated/α-hetero) is 3. The summed E-state index contributed by atoms with van der Waals surface area (Å²) in [5, 5.41) is 43.9. The lowest BCUT2D eigenvalue weighted by molar-refractivity contribution is -0.271. The highest BCUT2D eigenvalue weighted by Gasteiger charge is 2.81. The van der Waals surface area contributed by atoms with Crippen LogP contribution < -0.4 is 5.32 Å². The van der Waals surface area contributed by atoms with Gasteiger partial charge >= 0.3 is 0 Å². The van der Waals surface area contributed by atoms with Gasteiger partial charge in [-0.3, -0.25) is 14.4 Å².